The number of hydrogen-bond donors (Lipinski definition) is 1. The number of aromatic nitrogens is 2. The lowest BCUT2D eigenvalue weighted by Gasteiger charge is -2.22. The van der Waals surface area contributed by atoms with E-state index in [1.165, 1.54) is 22.7 Å². The molecule has 0 saturated carbocycles. The van der Waals surface area contributed by atoms with Crippen molar-refractivity contribution in [2.24, 2.45) is 0 Å². The Hall–Kier alpha value is -4.33. The molecule has 0 radical (unpaired) electrons. The van der Waals surface area contributed by atoms with E-state index in [1.807, 2.05) is 66.0 Å². The molecule has 47 heavy (non-hydrogen) atoms. The van der Waals surface area contributed by atoms with Crippen molar-refractivity contribution in [1.82, 2.24) is 19.8 Å². The van der Waals surface area contributed by atoms with Crippen LogP contribution in [0.1, 0.15) is 82.0 Å². The number of hydrogen-bond acceptors (Lipinski definition) is 11. The monoisotopic (exact) mass is 678 g/mol. The number of aliphatic hydroxyl groups is 1. The van der Waals surface area contributed by atoms with Crippen molar-refractivity contribution in [3.8, 4) is 0 Å². The largest absolute Gasteiger partial charge is 0.461 e. The van der Waals surface area contributed by atoms with Gasteiger partial charge in [0, 0.05) is 23.8 Å². The molecule has 1 N–H and O–H groups in total. The third-order valence-corrected chi connectivity index (χ3v) is 9.63. The highest BCUT2D eigenvalue weighted by molar-refractivity contribution is 7.10. The van der Waals surface area contributed by atoms with Crippen LogP contribution in [0.4, 0.5) is 9.59 Å². The predicted octanol–water partition coefficient (Wildman–Crippen LogP) is 6.90. The number of esters is 1. The molecular formula is C34H38N4O7S2. The van der Waals surface area contributed by atoms with Gasteiger partial charge in [0.1, 0.15) is 23.2 Å². The van der Waals surface area contributed by atoms with E-state index in [0.717, 1.165) is 46.8 Å². The minimum atomic E-state index is -0.429. The number of amides is 2. The number of carbonyl (C=O) groups excluding carboxylic acids is 3. The van der Waals surface area contributed by atoms with E-state index in [0.29, 0.717) is 31.1 Å². The van der Waals surface area contributed by atoms with Crippen LogP contribution >= 0.6 is 22.7 Å². The van der Waals surface area contributed by atoms with Gasteiger partial charge in [0.2, 0.25) is 0 Å². The Morgan fingerprint density at radius 2 is 1.28 bits per heavy atom. The van der Waals surface area contributed by atoms with Gasteiger partial charge in [-0.15, -0.1) is 22.7 Å². The molecule has 2 aliphatic rings. The first-order chi connectivity index (χ1) is 23.0. The lowest BCUT2D eigenvalue weighted by Crippen LogP contribution is -2.31. The summed E-state index contributed by atoms with van der Waals surface area (Å²) in [6, 6.07) is 19.1. The summed E-state index contributed by atoms with van der Waals surface area (Å²) in [7, 11) is 0. The molecule has 2 aromatic carbocycles. The van der Waals surface area contributed by atoms with Crippen LogP contribution in [0.3, 0.4) is 0 Å². The van der Waals surface area contributed by atoms with Gasteiger partial charge >= 0.3 is 18.2 Å². The molecule has 2 aliphatic heterocycles. The smallest absolute Gasteiger partial charge is 0.410 e. The van der Waals surface area contributed by atoms with E-state index < -0.39 is 5.97 Å². The molecule has 2 fully saturated rings. The van der Waals surface area contributed by atoms with E-state index >= 15 is 0 Å². The Balaban J connectivity index is 0.000000186. The van der Waals surface area contributed by atoms with Gasteiger partial charge in [-0.2, -0.15) is 0 Å². The minimum Gasteiger partial charge on any atom is -0.461 e. The van der Waals surface area contributed by atoms with E-state index in [9.17, 15) is 14.4 Å². The zero-order valence-electron chi connectivity index (χ0n) is 26.2. The third-order valence-electron chi connectivity index (χ3n) is 7.69. The molecular weight excluding hydrogens is 641 g/mol. The van der Waals surface area contributed by atoms with Crippen LogP contribution in [0, 0.1) is 0 Å². The molecule has 0 bridgehead atoms. The molecule has 248 valence electrons. The number of likely N-dealkylation sites (tertiary alicyclic amines) is 2. The summed E-state index contributed by atoms with van der Waals surface area (Å²) in [6.07, 6.45) is 2.89. The van der Waals surface area contributed by atoms with Crippen molar-refractivity contribution in [1.29, 1.82) is 0 Å². The zero-order chi connectivity index (χ0) is 33.0. The van der Waals surface area contributed by atoms with Gasteiger partial charge in [-0.25, -0.2) is 24.4 Å². The molecule has 2 saturated heterocycles. The van der Waals surface area contributed by atoms with Gasteiger partial charge < -0.3 is 19.3 Å². The summed E-state index contributed by atoms with van der Waals surface area (Å²) in [5.74, 6) is -0.429. The van der Waals surface area contributed by atoms with Crippen molar-refractivity contribution in [2.75, 3.05) is 19.7 Å². The maximum Gasteiger partial charge on any atom is 0.410 e. The summed E-state index contributed by atoms with van der Waals surface area (Å²) >= 11 is 2.86. The highest BCUT2D eigenvalue weighted by Crippen LogP contribution is 2.35. The van der Waals surface area contributed by atoms with Gasteiger partial charge in [-0.05, 0) is 43.7 Å². The predicted molar refractivity (Wildman–Crippen MR) is 177 cm³/mol. The molecule has 0 spiro atoms. The fraction of sp³-hybridized carbons (Fsp3) is 0.382. The Morgan fingerprint density at radius 3 is 1.77 bits per heavy atom. The fourth-order valence-electron chi connectivity index (χ4n) is 5.38. The minimum absolute atomic E-state index is 0.0337. The SMILES string of the molecule is CCOC(=O)c1csc([C@@H]2CCCN2C(=O)OCc2ccccc2)n1.O=C(OCc1ccccc1)N1CCC[C@H]1c1nc(CO)cs1. The third kappa shape index (κ3) is 9.15. The number of rotatable bonds is 9. The topological polar surface area (TPSA) is 131 Å². The Bertz CT molecular complexity index is 1600. The van der Waals surface area contributed by atoms with Crippen molar-refractivity contribution >= 4 is 40.8 Å². The zero-order valence-corrected chi connectivity index (χ0v) is 27.8. The normalized spacial score (nSPS) is 17.1. The van der Waals surface area contributed by atoms with Crippen LogP contribution in [0.15, 0.2) is 71.4 Å². The molecule has 2 aromatic heterocycles. The van der Waals surface area contributed by atoms with Gasteiger partial charge in [-0.1, -0.05) is 60.7 Å². The molecule has 2 amide bonds. The summed E-state index contributed by atoms with van der Waals surface area (Å²) < 4.78 is 15.8. The molecule has 11 nitrogen and oxygen atoms in total. The summed E-state index contributed by atoms with van der Waals surface area (Å²) in [5, 5.41) is 14.3. The van der Waals surface area contributed by atoms with Crippen molar-refractivity contribution in [3.05, 3.63) is 104 Å². The molecule has 0 aliphatic carbocycles. The number of thiazole rings is 2. The molecule has 0 unspecified atom stereocenters. The van der Waals surface area contributed by atoms with Crippen molar-refractivity contribution in [2.45, 2.75) is 64.5 Å². The molecule has 6 rings (SSSR count). The van der Waals surface area contributed by atoms with E-state index in [-0.39, 0.29) is 44.1 Å². The second-order valence-corrected chi connectivity index (χ2v) is 12.7. The van der Waals surface area contributed by atoms with E-state index in [1.54, 1.807) is 22.1 Å². The number of carbonyl (C=O) groups is 3. The first-order valence-corrected chi connectivity index (χ1v) is 17.3. The quantitative estimate of drug-likeness (QED) is 0.148. The Kier molecular flexibility index (Phi) is 12.3. The van der Waals surface area contributed by atoms with Crippen LogP contribution in [-0.4, -0.2) is 62.7 Å². The van der Waals surface area contributed by atoms with E-state index in [2.05, 4.69) is 9.97 Å². The van der Waals surface area contributed by atoms with Crippen LogP contribution < -0.4 is 0 Å². The first-order valence-electron chi connectivity index (χ1n) is 15.6. The second kappa shape index (κ2) is 17.0. The average molecular weight is 679 g/mol. The molecule has 4 heterocycles. The van der Waals surface area contributed by atoms with Crippen LogP contribution in [0.5, 0.6) is 0 Å². The highest BCUT2D eigenvalue weighted by atomic mass is 32.1. The fourth-order valence-corrected chi connectivity index (χ4v) is 7.27. The molecule has 13 heteroatoms. The average Bonchev–Trinajstić information content (AvgIpc) is 3.94. The van der Waals surface area contributed by atoms with E-state index in [4.69, 9.17) is 19.3 Å². The summed E-state index contributed by atoms with van der Waals surface area (Å²) in [4.78, 5) is 48.7. The van der Waals surface area contributed by atoms with Crippen LogP contribution in [0.2, 0.25) is 0 Å². The summed E-state index contributed by atoms with van der Waals surface area (Å²) in [5.41, 5.74) is 2.88. The second-order valence-electron chi connectivity index (χ2n) is 10.9. The maximum absolute atomic E-state index is 12.4. The summed E-state index contributed by atoms with van der Waals surface area (Å²) in [6.45, 7) is 3.85. The van der Waals surface area contributed by atoms with Crippen molar-refractivity contribution in [3.63, 3.8) is 0 Å². The van der Waals surface area contributed by atoms with Crippen LogP contribution in [0.25, 0.3) is 0 Å². The van der Waals surface area contributed by atoms with Gasteiger partial charge in [0.25, 0.3) is 0 Å². The first kappa shape index (κ1) is 34.0. The number of benzene rings is 2. The molecule has 2 atom stereocenters. The number of aliphatic hydroxyl groups excluding tert-OH is 1. The number of ether oxygens (including phenoxy) is 3. The Labute approximate surface area is 281 Å². The molecule has 4 aromatic rings. The van der Waals surface area contributed by atoms with Crippen molar-refractivity contribution < 1.29 is 33.7 Å². The highest BCUT2D eigenvalue weighted by Gasteiger charge is 2.34. The number of nitrogens with zero attached hydrogens (tertiary/aromatic N) is 4. The standard InChI is InChI=1S/C18H20N2O4S.C16H18N2O3S/c1-2-23-17(21)14-12-25-16(19-14)15-9-6-10-20(15)18(22)24-11-13-7-4-3-5-8-13;19-9-13-11-22-15(17-13)14-7-4-8-18(14)16(20)21-10-12-5-2-1-3-6-12/h3-5,7-8,12,15H,2,6,9-11H2,1H3;1-3,5-6,11,14,19H,4,7-10H2/t15-;14-/m00/s1. The maximum atomic E-state index is 12.4. The van der Waals surface area contributed by atoms with Gasteiger partial charge in [-0.3, -0.25) is 9.80 Å². The lowest BCUT2D eigenvalue weighted by atomic mass is 10.2. The van der Waals surface area contributed by atoms with Gasteiger partial charge in [0.05, 0.1) is 31.0 Å². The van der Waals surface area contributed by atoms with Gasteiger partial charge in [0.15, 0.2) is 5.69 Å². The Morgan fingerprint density at radius 1 is 0.766 bits per heavy atom. The van der Waals surface area contributed by atoms with Crippen LogP contribution in [-0.2, 0) is 34.0 Å². The lowest BCUT2D eigenvalue weighted by molar-refractivity contribution is 0.0520.